The maximum atomic E-state index is 16.3. The number of rotatable bonds is 3. The van der Waals surface area contributed by atoms with Gasteiger partial charge in [-0.15, -0.1) is 0 Å². The molecule has 0 N–H and O–H groups in total. The summed E-state index contributed by atoms with van der Waals surface area (Å²) >= 11 is 0. The first kappa shape index (κ1) is 34.0. The van der Waals surface area contributed by atoms with Crippen molar-refractivity contribution in [2.24, 2.45) is 17.8 Å². The molecule has 2 aliphatic heterocycles. The molecule has 2 unspecified atom stereocenters. The Kier molecular flexibility index (Phi) is 7.10. The van der Waals surface area contributed by atoms with Crippen molar-refractivity contribution in [2.45, 2.75) is 89.9 Å². The van der Waals surface area contributed by atoms with Crippen LogP contribution in [0.1, 0.15) is 90.3 Å². The fourth-order valence-electron chi connectivity index (χ4n) is 11.3. The molecule has 5 aromatic carbocycles. The van der Waals surface area contributed by atoms with Crippen LogP contribution in [0.3, 0.4) is 0 Å². The molecule has 4 bridgehead atoms. The molecule has 0 amide bonds. The van der Waals surface area contributed by atoms with Gasteiger partial charge in [0.25, 0.3) is 6.71 Å². The van der Waals surface area contributed by atoms with Crippen LogP contribution in [0.25, 0.3) is 0 Å². The molecule has 0 saturated heterocycles. The van der Waals surface area contributed by atoms with Gasteiger partial charge >= 0.3 is 0 Å². The average Bonchev–Trinajstić information content (AvgIpc) is 3.53. The van der Waals surface area contributed by atoms with E-state index >= 15 is 8.78 Å². The van der Waals surface area contributed by atoms with Gasteiger partial charge in [-0.3, -0.25) is 0 Å². The Labute approximate surface area is 316 Å². The van der Waals surface area contributed by atoms with Crippen molar-refractivity contribution in [3.05, 3.63) is 125 Å². The molecular weight excluding hydrogens is 679 g/mol. The van der Waals surface area contributed by atoms with E-state index in [-0.39, 0.29) is 34.3 Å². The molecule has 2 heterocycles. The van der Waals surface area contributed by atoms with Crippen molar-refractivity contribution in [3.63, 3.8) is 0 Å². The van der Waals surface area contributed by atoms with Crippen LogP contribution >= 0.6 is 0 Å². The standard InChI is InChI=1S/C47H45BF4N2/c1-45(2,3)29-7-11-38-34(17-29)48-35-18-30(46(4,5)6)8-12-39(35)54(41-14-10-33(50)22-37(41)52)43-20-31(47-23-26-15-27(24-47)28(16-26)25-47)19-42(44(43)48)53(38)40-13-9-32(49)21-36(40)51/h7-14,17-22,26-28H,15-16,23-25H2,1-6H3. The number of anilines is 6. The second-order valence-corrected chi connectivity index (χ2v) is 19.0. The van der Waals surface area contributed by atoms with Gasteiger partial charge < -0.3 is 9.80 Å². The minimum Gasteiger partial charge on any atom is -0.309 e. The Morgan fingerprint density at radius 1 is 0.537 bits per heavy atom. The third-order valence-electron chi connectivity index (χ3n) is 13.6. The highest BCUT2D eigenvalue weighted by Crippen LogP contribution is 2.65. The lowest BCUT2D eigenvalue weighted by Crippen LogP contribution is -2.62. The van der Waals surface area contributed by atoms with E-state index in [0.717, 1.165) is 81.7 Å². The van der Waals surface area contributed by atoms with Gasteiger partial charge in [-0.2, -0.15) is 0 Å². The summed E-state index contributed by atoms with van der Waals surface area (Å²) in [6.07, 6.45) is 5.91. The van der Waals surface area contributed by atoms with Gasteiger partial charge in [0.05, 0.1) is 11.4 Å². The molecule has 274 valence electrons. The van der Waals surface area contributed by atoms with Crippen molar-refractivity contribution in [1.82, 2.24) is 0 Å². The maximum Gasteiger partial charge on any atom is 0.252 e. The molecule has 4 fully saturated rings. The highest BCUT2D eigenvalue weighted by atomic mass is 19.1. The van der Waals surface area contributed by atoms with Crippen LogP contribution in [-0.2, 0) is 16.2 Å². The van der Waals surface area contributed by atoms with Gasteiger partial charge in [-0.05, 0) is 148 Å². The molecule has 0 aromatic heterocycles. The molecule has 7 heteroatoms. The van der Waals surface area contributed by atoms with Gasteiger partial charge in [0, 0.05) is 34.9 Å². The zero-order chi connectivity index (χ0) is 37.6. The SMILES string of the molecule is CC(C)(C)c1ccc2c(c1)B1c3cc(C(C)(C)C)ccc3N(c3ccc(F)cc3F)c3cc(C45CC6CC(C4)C(C6)C5)cc(c31)N2c1ccc(F)cc1F. The molecule has 0 radical (unpaired) electrons. The molecule has 6 aliphatic rings. The summed E-state index contributed by atoms with van der Waals surface area (Å²) in [5.41, 5.74) is 9.90. The topological polar surface area (TPSA) is 6.48 Å². The van der Waals surface area contributed by atoms with Crippen LogP contribution in [0.2, 0.25) is 0 Å². The summed E-state index contributed by atoms with van der Waals surface area (Å²) in [4.78, 5) is 3.97. The monoisotopic (exact) mass is 724 g/mol. The van der Waals surface area contributed by atoms with E-state index in [1.54, 1.807) is 0 Å². The highest BCUT2D eigenvalue weighted by Gasteiger charge is 2.57. The molecule has 2 atom stereocenters. The summed E-state index contributed by atoms with van der Waals surface area (Å²) in [6, 6.07) is 25.2. The Morgan fingerprint density at radius 2 is 0.981 bits per heavy atom. The molecule has 5 aromatic rings. The molecule has 54 heavy (non-hydrogen) atoms. The summed E-state index contributed by atoms with van der Waals surface area (Å²) in [6.45, 7) is 12.9. The van der Waals surface area contributed by atoms with Crippen LogP contribution in [0.5, 0.6) is 0 Å². The van der Waals surface area contributed by atoms with Crippen LogP contribution in [-0.4, -0.2) is 6.71 Å². The van der Waals surface area contributed by atoms with Crippen molar-refractivity contribution in [2.75, 3.05) is 9.80 Å². The van der Waals surface area contributed by atoms with E-state index < -0.39 is 23.3 Å². The lowest BCUT2D eigenvalue weighted by molar-refractivity contribution is 0.229. The number of benzene rings is 5. The van der Waals surface area contributed by atoms with E-state index in [0.29, 0.717) is 17.8 Å². The molecule has 4 saturated carbocycles. The lowest BCUT2D eigenvalue weighted by Gasteiger charge is -2.47. The smallest absolute Gasteiger partial charge is 0.252 e. The molecule has 0 spiro atoms. The normalized spacial score (nSPS) is 23.5. The predicted octanol–water partition coefficient (Wildman–Crippen LogP) is 11.0. The largest absolute Gasteiger partial charge is 0.309 e. The summed E-state index contributed by atoms with van der Waals surface area (Å²) in [5.74, 6) is -0.477. The molecule has 11 rings (SSSR count). The third-order valence-corrected chi connectivity index (χ3v) is 13.6. The Balaban J connectivity index is 1.34. The van der Waals surface area contributed by atoms with E-state index in [4.69, 9.17) is 0 Å². The van der Waals surface area contributed by atoms with Gasteiger partial charge in [-0.25, -0.2) is 17.6 Å². The Morgan fingerprint density at radius 3 is 1.39 bits per heavy atom. The van der Waals surface area contributed by atoms with Gasteiger partial charge in [0.1, 0.15) is 23.3 Å². The van der Waals surface area contributed by atoms with Crippen molar-refractivity contribution < 1.29 is 17.6 Å². The minimum absolute atomic E-state index is 0.0374. The van der Waals surface area contributed by atoms with Crippen LogP contribution < -0.4 is 26.2 Å². The van der Waals surface area contributed by atoms with Gasteiger partial charge in [0.2, 0.25) is 0 Å². The summed E-state index contributed by atoms with van der Waals surface area (Å²) < 4.78 is 61.9. The predicted molar refractivity (Wildman–Crippen MR) is 213 cm³/mol. The van der Waals surface area contributed by atoms with Crippen LogP contribution in [0.15, 0.2) is 84.9 Å². The van der Waals surface area contributed by atoms with Crippen LogP contribution in [0.4, 0.5) is 51.7 Å². The molecule has 2 nitrogen and oxygen atoms in total. The first-order valence-electron chi connectivity index (χ1n) is 19.6. The van der Waals surface area contributed by atoms with E-state index in [9.17, 15) is 8.78 Å². The van der Waals surface area contributed by atoms with Gasteiger partial charge in [0.15, 0.2) is 0 Å². The zero-order valence-corrected chi connectivity index (χ0v) is 31.8. The number of nitrogens with zero attached hydrogens (tertiary/aromatic N) is 2. The first-order valence-corrected chi connectivity index (χ1v) is 19.6. The number of hydrogen-bond donors (Lipinski definition) is 0. The zero-order valence-electron chi connectivity index (χ0n) is 31.8. The highest BCUT2D eigenvalue weighted by molar-refractivity contribution is 7.00. The van der Waals surface area contributed by atoms with E-state index in [2.05, 4.69) is 90.1 Å². The average molecular weight is 725 g/mol. The van der Waals surface area contributed by atoms with Crippen LogP contribution in [0, 0.1) is 41.0 Å². The van der Waals surface area contributed by atoms with Gasteiger partial charge in [-0.1, -0.05) is 65.8 Å². The molecule has 4 aliphatic carbocycles. The number of hydrogen-bond acceptors (Lipinski definition) is 2. The fourth-order valence-corrected chi connectivity index (χ4v) is 11.3. The number of halogens is 4. The van der Waals surface area contributed by atoms with Crippen molar-refractivity contribution in [3.8, 4) is 0 Å². The van der Waals surface area contributed by atoms with E-state index in [1.807, 2.05) is 9.80 Å². The van der Waals surface area contributed by atoms with E-state index in [1.165, 1.54) is 42.7 Å². The quantitative estimate of drug-likeness (QED) is 0.132. The summed E-state index contributed by atoms with van der Waals surface area (Å²) in [7, 11) is 0. The second-order valence-electron chi connectivity index (χ2n) is 19.0. The van der Waals surface area contributed by atoms with Crippen molar-refractivity contribution in [1.29, 1.82) is 0 Å². The Hall–Kier alpha value is -4.52. The molecular formula is C47H45BF4N2. The first-order chi connectivity index (χ1) is 25.6. The lowest BCUT2D eigenvalue weighted by atomic mass is 9.33. The number of fused-ring (bicyclic) bond motifs is 4. The Bertz CT molecular complexity index is 2250. The third kappa shape index (κ3) is 4.92. The maximum absolute atomic E-state index is 16.3. The second kappa shape index (κ2) is 11.3. The fraction of sp³-hybridized carbons (Fsp3) is 0.362. The summed E-state index contributed by atoms with van der Waals surface area (Å²) in [5, 5.41) is 0. The van der Waals surface area contributed by atoms with Crippen molar-refractivity contribution >= 4 is 57.2 Å². The minimum atomic E-state index is -0.649.